The van der Waals surface area contributed by atoms with Crippen molar-refractivity contribution in [2.45, 2.75) is 25.3 Å². The van der Waals surface area contributed by atoms with Crippen LogP contribution in [0.4, 0.5) is 8.78 Å². The minimum atomic E-state index is -0.832. The average Bonchev–Trinajstić information content (AvgIpc) is 2.48. The van der Waals surface area contributed by atoms with Crippen LogP contribution >= 0.6 is 0 Å². The fraction of sp³-hybridized carbons (Fsp3) is 0.267. The summed E-state index contributed by atoms with van der Waals surface area (Å²) in [4.78, 5) is 4.05. The number of nitrogens with one attached hydrogen (secondary N) is 1. The molecule has 0 radical (unpaired) electrons. The molecule has 3 nitrogen and oxygen atoms in total. The van der Waals surface area contributed by atoms with Crippen LogP contribution in [0.3, 0.4) is 0 Å². The largest absolute Gasteiger partial charge is 0.271 e. The third-order valence-electron chi connectivity index (χ3n) is 3.21. The second-order valence-electron chi connectivity index (χ2n) is 4.72. The standard InChI is InChI=1S/C15H17F2N3/c16-14-6-4-12(9-15(14)17)8-13(20-18)5-3-11-2-1-7-19-10-11/h1-2,4,6-7,9-10,13,20H,3,5,8,18H2. The van der Waals surface area contributed by atoms with Crippen LogP contribution in [0.5, 0.6) is 0 Å². The molecular formula is C15H17F2N3. The van der Waals surface area contributed by atoms with E-state index in [1.54, 1.807) is 12.3 Å². The third kappa shape index (κ3) is 4.08. The molecule has 0 saturated heterocycles. The van der Waals surface area contributed by atoms with Crippen LogP contribution in [0.25, 0.3) is 0 Å². The lowest BCUT2D eigenvalue weighted by Crippen LogP contribution is -2.37. The van der Waals surface area contributed by atoms with Gasteiger partial charge in [0, 0.05) is 18.4 Å². The molecule has 20 heavy (non-hydrogen) atoms. The molecule has 5 heteroatoms. The van der Waals surface area contributed by atoms with Gasteiger partial charge < -0.3 is 0 Å². The number of pyridine rings is 1. The summed E-state index contributed by atoms with van der Waals surface area (Å²) in [5, 5.41) is 0. The normalized spacial score (nSPS) is 12.3. The summed E-state index contributed by atoms with van der Waals surface area (Å²) in [5.74, 6) is 3.86. The number of hydrogen-bond donors (Lipinski definition) is 2. The van der Waals surface area contributed by atoms with Crippen LogP contribution in [-0.2, 0) is 12.8 Å². The molecule has 1 aromatic carbocycles. The van der Waals surface area contributed by atoms with E-state index >= 15 is 0 Å². The molecule has 0 amide bonds. The number of nitrogens with zero attached hydrogens (tertiary/aromatic N) is 1. The maximum atomic E-state index is 13.1. The molecule has 0 aliphatic rings. The molecular weight excluding hydrogens is 260 g/mol. The van der Waals surface area contributed by atoms with Gasteiger partial charge in [-0.15, -0.1) is 0 Å². The first kappa shape index (κ1) is 14.6. The molecule has 1 heterocycles. The molecule has 0 aliphatic heterocycles. The van der Waals surface area contributed by atoms with E-state index in [4.69, 9.17) is 5.84 Å². The lowest BCUT2D eigenvalue weighted by Gasteiger charge is -2.16. The quantitative estimate of drug-likeness (QED) is 0.629. The van der Waals surface area contributed by atoms with Gasteiger partial charge in [0.25, 0.3) is 0 Å². The summed E-state index contributed by atoms with van der Waals surface area (Å²) in [6.45, 7) is 0. The van der Waals surface area contributed by atoms with E-state index in [-0.39, 0.29) is 6.04 Å². The average molecular weight is 277 g/mol. The van der Waals surface area contributed by atoms with Gasteiger partial charge in [-0.3, -0.25) is 16.3 Å². The number of aryl methyl sites for hydroxylation is 1. The van der Waals surface area contributed by atoms with Gasteiger partial charge >= 0.3 is 0 Å². The maximum Gasteiger partial charge on any atom is 0.159 e. The molecule has 1 aromatic heterocycles. The zero-order chi connectivity index (χ0) is 14.4. The Balaban J connectivity index is 1.93. The van der Waals surface area contributed by atoms with Crippen molar-refractivity contribution in [3.8, 4) is 0 Å². The molecule has 2 aromatic rings. The molecule has 3 N–H and O–H groups in total. The second-order valence-corrected chi connectivity index (χ2v) is 4.72. The first-order valence-electron chi connectivity index (χ1n) is 6.48. The fourth-order valence-electron chi connectivity index (χ4n) is 2.08. The lowest BCUT2D eigenvalue weighted by atomic mass is 10.00. The minimum Gasteiger partial charge on any atom is -0.271 e. The number of hydrogen-bond acceptors (Lipinski definition) is 3. The Hall–Kier alpha value is -1.85. The van der Waals surface area contributed by atoms with Crippen LogP contribution in [-0.4, -0.2) is 11.0 Å². The number of rotatable bonds is 6. The molecule has 1 atom stereocenters. The molecule has 0 spiro atoms. The van der Waals surface area contributed by atoms with Gasteiger partial charge in [-0.2, -0.15) is 0 Å². The number of benzene rings is 1. The van der Waals surface area contributed by atoms with Gasteiger partial charge in [-0.05, 0) is 48.6 Å². The highest BCUT2D eigenvalue weighted by molar-refractivity contribution is 5.19. The van der Waals surface area contributed by atoms with Crippen molar-refractivity contribution in [1.82, 2.24) is 10.4 Å². The Morgan fingerprint density at radius 2 is 2.00 bits per heavy atom. The highest BCUT2D eigenvalue weighted by Crippen LogP contribution is 2.13. The third-order valence-corrected chi connectivity index (χ3v) is 3.21. The van der Waals surface area contributed by atoms with Crippen molar-refractivity contribution in [2.24, 2.45) is 5.84 Å². The van der Waals surface area contributed by atoms with Crippen LogP contribution in [0.15, 0.2) is 42.7 Å². The SMILES string of the molecule is NNC(CCc1cccnc1)Cc1ccc(F)c(F)c1. The monoisotopic (exact) mass is 277 g/mol. The van der Waals surface area contributed by atoms with Crippen molar-refractivity contribution in [2.75, 3.05) is 0 Å². The molecule has 106 valence electrons. The van der Waals surface area contributed by atoms with Crippen LogP contribution in [0.2, 0.25) is 0 Å². The Morgan fingerprint density at radius 1 is 1.15 bits per heavy atom. The highest BCUT2D eigenvalue weighted by Gasteiger charge is 2.10. The molecule has 0 saturated carbocycles. The van der Waals surface area contributed by atoms with Crippen molar-refractivity contribution >= 4 is 0 Å². The Labute approximate surface area is 116 Å². The smallest absolute Gasteiger partial charge is 0.159 e. The zero-order valence-corrected chi connectivity index (χ0v) is 11.0. The predicted octanol–water partition coefficient (Wildman–Crippen LogP) is 2.37. The Kier molecular flexibility index (Phi) is 5.15. The first-order valence-corrected chi connectivity index (χ1v) is 6.48. The summed E-state index contributed by atoms with van der Waals surface area (Å²) in [6.07, 6.45) is 5.70. The molecule has 0 aliphatic carbocycles. The van der Waals surface area contributed by atoms with Gasteiger partial charge in [0.05, 0.1) is 0 Å². The number of nitrogens with two attached hydrogens (primary N) is 1. The second kappa shape index (κ2) is 7.07. The van der Waals surface area contributed by atoms with Gasteiger partial charge in [0.1, 0.15) is 0 Å². The fourth-order valence-corrected chi connectivity index (χ4v) is 2.08. The summed E-state index contributed by atoms with van der Waals surface area (Å²) >= 11 is 0. The first-order chi connectivity index (χ1) is 9.69. The highest BCUT2D eigenvalue weighted by atomic mass is 19.2. The van der Waals surface area contributed by atoms with E-state index in [0.717, 1.165) is 30.0 Å². The predicted molar refractivity (Wildman–Crippen MR) is 73.7 cm³/mol. The maximum absolute atomic E-state index is 13.1. The van der Waals surface area contributed by atoms with Crippen LogP contribution in [0, 0.1) is 11.6 Å². The van der Waals surface area contributed by atoms with Crippen molar-refractivity contribution < 1.29 is 8.78 Å². The summed E-state index contributed by atoms with van der Waals surface area (Å²) < 4.78 is 26.0. The van der Waals surface area contributed by atoms with E-state index in [1.807, 2.05) is 18.3 Å². The topological polar surface area (TPSA) is 50.9 Å². The number of aromatic nitrogens is 1. The van der Waals surface area contributed by atoms with Crippen molar-refractivity contribution in [1.29, 1.82) is 0 Å². The minimum absolute atomic E-state index is 0.0000624. The van der Waals surface area contributed by atoms with E-state index in [9.17, 15) is 8.78 Å². The molecule has 2 rings (SSSR count). The van der Waals surface area contributed by atoms with E-state index in [2.05, 4.69) is 10.4 Å². The van der Waals surface area contributed by atoms with E-state index in [1.165, 1.54) is 6.07 Å². The van der Waals surface area contributed by atoms with Crippen LogP contribution in [0.1, 0.15) is 17.5 Å². The molecule has 0 bridgehead atoms. The molecule has 1 unspecified atom stereocenters. The van der Waals surface area contributed by atoms with E-state index < -0.39 is 11.6 Å². The summed E-state index contributed by atoms with van der Waals surface area (Å²) in [7, 11) is 0. The van der Waals surface area contributed by atoms with Crippen molar-refractivity contribution in [3.05, 3.63) is 65.5 Å². The van der Waals surface area contributed by atoms with Gasteiger partial charge in [0.15, 0.2) is 11.6 Å². The van der Waals surface area contributed by atoms with Crippen molar-refractivity contribution in [3.63, 3.8) is 0 Å². The lowest BCUT2D eigenvalue weighted by molar-refractivity contribution is 0.483. The van der Waals surface area contributed by atoms with Gasteiger partial charge in [-0.1, -0.05) is 12.1 Å². The summed E-state index contributed by atoms with van der Waals surface area (Å²) in [6, 6.07) is 7.81. The summed E-state index contributed by atoms with van der Waals surface area (Å²) in [5.41, 5.74) is 4.56. The van der Waals surface area contributed by atoms with Gasteiger partial charge in [0.2, 0.25) is 0 Å². The Bertz CT molecular complexity index is 546. The van der Waals surface area contributed by atoms with Gasteiger partial charge in [-0.25, -0.2) is 8.78 Å². The Morgan fingerprint density at radius 3 is 2.65 bits per heavy atom. The van der Waals surface area contributed by atoms with Crippen LogP contribution < -0.4 is 11.3 Å². The zero-order valence-electron chi connectivity index (χ0n) is 11.0. The van der Waals surface area contributed by atoms with E-state index in [0.29, 0.717) is 6.42 Å². The molecule has 0 fully saturated rings. The number of hydrazine groups is 1. The number of halogens is 2.